The molecule has 0 fully saturated rings. The summed E-state index contributed by atoms with van der Waals surface area (Å²) in [4.78, 5) is 16.9. The van der Waals surface area contributed by atoms with E-state index < -0.39 is 15.9 Å². The Morgan fingerprint density at radius 2 is 1.96 bits per heavy atom. The van der Waals surface area contributed by atoms with Gasteiger partial charge in [-0.25, -0.2) is 13.4 Å². The number of aryl methyl sites for hydroxylation is 1. The number of rotatable bonds is 6. The van der Waals surface area contributed by atoms with Crippen LogP contribution in [0.4, 0.5) is 5.13 Å². The van der Waals surface area contributed by atoms with Crippen molar-refractivity contribution in [2.45, 2.75) is 11.8 Å². The Hall–Kier alpha value is -2.99. The zero-order chi connectivity index (χ0) is 20.1. The largest absolute Gasteiger partial charge is 0.298 e. The molecular formula is C20H17N3O3S2. The summed E-state index contributed by atoms with van der Waals surface area (Å²) in [5.41, 5.74) is 3.07. The van der Waals surface area contributed by atoms with Crippen molar-refractivity contribution in [1.82, 2.24) is 9.71 Å². The highest BCUT2D eigenvalue weighted by Crippen LogP contribution is 2.25. The number of benzene rings is 2. The minimum atomic E-state index is -3.77. The molecule has 0 bridgehead atoms. The Morgan fingerprint density at radius 3 is 2.68 bits per heavy atom. The molecule has 2 N–H and O–H groups in total. The van der Waals surface area contributed by atoms with E-state index in [1.165, 1.54) is 35.6 Å². The molecule has 8 heteroatoms. The van der Waals surface area contributed by atoms with Crippen LogP contribution in [-0.4, -0.2) is 25.9 Å². The number of hydrogen-bond acceptors (Lipinski definition) is 5. The highest BCUT2D eigenvalue weighted by atomic mass is 32.2. The SMILES string of the molecule is C#CCNS(=O)(=O)c1cccc(C(=O)Nc2nc(-c3ccc(C)cc3)cs2)c1. The standard InChI is InChI=1S/C20H17N3O3S2/c1-3-11-21-28(25,26)17-6-4-5-16(12-17)19(24)23-20-22-18(13-27-20)15-9-7-14(2)8-10-15/h1,4-10,12-13,21H,11H2,2H3,(H,22,23,24). The molecule has 3 rings (SSSR count). The predicted octanol–water partition coefficient (Wildman–Crippen LogP) is 3.28. The monoisotopic (exact) mass is 411 g/mol. The van der Waals surface area contributed by atoms with Crippen LogP contribution in [0.5, 0.6) is 0 Å². The lowest BCUT2D eigenvalue weighted by molar-refractivity contribution is 0.102. The molecule has 0 aliphatic carbocycles. The molecule has 3 aromatic rings. The van der Waals surface area contributed by atoms with E-state index in [1.807, 2.05) is 36.6 Å². The molecule has 28 heavy (non-hydrogen) atoms. The Labute approximate surface area is 167 Å². The first kappa shape index (κ1) is 19.8. The molecule has 2 aromatic carbocycles. The van der Waals surface area contributed by atoms with Crippen LogP contribution in [0.3, 0.4) is 0 Å². The normalized spacial score (nSPS) is 11.0. The van der Waals surface area contributed by atoms with Crippen molar-refractivity contribution in [3.63, 3.8) is 0 Å². The molecule has 1 heterocycles. The number of carbonyl (C=O) groups excluding carboxylic acids is 1. The second-order valence-corrected chi connectivity index (χ2v) is 8.54. The Bertz CT molecular complexity index is 1140. The van der Waals surface area contributed by atoms with Crippen molar-refractivity contribution in [3.05, 3.63) is 65.0 Å². The number of nitrogens with zero attached hydrogens (tertiary/aromatic N) is 1. The molecule has 0 saturated heterocycles. The predicted molar refractivity (Wildman–Crippen MR) is 111 cm³/mol. The molecule has 0 aliphatic heterocycles. The molecule has 0 unspecified atom stereocenters. The van der Waals surface area contributed by atoms with Crippen LogP contribution in [0, 0.1) is 19.3 Å². The zero-order valence-electron chi connectivity index (χ0n) is 15.0. The summed E-state index contributed by atoms with van der Waals surface area (Å²) in [6, 6.07) is 13.6. The van der Waals surface area contributed by atoms with Crippen molar-refractivity contribution in [2.24, 2.45) is 0 Å². The lowest BCUT2D eigenvalue weighted by atomic mass is 10.1. The second kappa shape index (κ2) is 8.35. The van der Waals surface area contributed by atoms with Crippen LogP contribution in [-0.2, 0) is 10.0 Å². The van der Waals surface area contributed by atoms with Crippen LogP contribution >= 0.6 is 11.3 Å². The molecule has 0 atom stereocenters. The summed E-state index contributed by atoms with van der Waals surface area (Å²) in [6.45, 7) is 1.88. The number of amides is 1. The Morgan fingerprint density at radius 1 is 1.21 bits per heavy atom. The van der Waals surface area contributed by atoms with Gasteiger partial charge in [0.1, 0.15) is 0 Å². The maximum atomic E-state index is 12.5. The molecule has 0 radical (unpaired) electrons. The fraction of sp³-hybridized carbons (Fsp3) is 0.100. The van der Waals surface area contributed by atoms with Gasteiger partial charge in [0.05, 0.1) is 17.1 Å². The number of thiazole rings is 1. The lowest BCUT2D eigenvalue weighted by Crippen LogP contribution is -2.24. The topological polar surface area (TPSA) is 88.2 Å². The molecule has 1 aromatic heterocycles. The number of hydrogen-bond donors (Lipinski definition) is 2. The molecule has 142 valence electrons. The fourth-order valence-electron chi connectivity index (χ4n) is 2.38. The highest BCUT2D eigenvalue weighted by molar-refractivity contribution is 7.89. The van der Waals surface area contributed by atoms with E-state index >= 15 is 0 Å². The molecule has 0 aliphatic rings. The van der Waals surface area contributed by atoms with E-state index in [9.17, 15) is 13.2 Å². The smallest absolute Gasteiger partial charge is 0.257 e. The third-order valence-electron chi connectivity index (χ3n) is 3.84. The van der Waals surface area contributed by atoms with Crippen LogP contribution in [0.15, 0.2) is 58.8 Å². The van der Waals surface area contributed by atoms with Crippen molar-refractivity contribution in [1.29, 1.82) is 0 Å². The van der Waals surface area contributed by atoms with Crippen LogP contribution in [0.1, 0.15) is 15.9 Å². The maximum absolute atomic E-state index is 12.5. The number of anilines is 1. The van der Waals surface area contributed by atoms with E-state index in [-0.39, 0.29) is 17.0 Å². The summed E-state index contributed by atoms with van der Waals surface area (Å²) >= 11 is 1.30. The molecule has 1 amide bonds. The minimum absolute atomic E-state index is 0.0325. The molecule has 6 nitrogen and oxygen atoms in total. The Kier molecular flexibility index (Phi) is 5.90. The van der Waals surface area contributed by atoms with Crippen LogP contribution < -0.4 is 10.0 Å². The average Bonchev–Trinajstić information content (AvgIpc) is 3.15. The number of terminal acetylenes is 1. The molecular weight excluding hydrogens is 394 g/mol. The van der Waals surface area contributed by atoms with Crippen molar-refractivity contribution >= 4 is 32.4 Å². The van der Waals surface area contributed by atoms with E-state index in [0.29, 0.717) is 5.13 Å². The molecule has 0 saturated carbocycles. The van der Waals surface area contributed by atoms with E-state index in [4.69, 9.17) is 6.42 Å². The number of carbonyl (C=O) groups is 1. The summed E-state index contributed by atoms with van der Waals surface area (Å²) in [6.07, 6.45) is 5.08. The van der Waals surface area contributed by atoms with E-state index in [1.54, 1.807) is 0 Å². The van der Waals surface area contributed by atoms with Gasteiger partial charge in [0.25, 0.3) is 5.91 Å². The van der Waals surface area contributed by atoms with Crippen LogP contribution in [0.25, 0.3) is 11.3 Å². The van der Waals surface area contributed by atoms with Crippen molar-refractivity contribution in [2.75, 3.05) is 11.9 Å². The van der Waals surface area contributed by atoms with E-state index in [0.717, 1.165) is 16.8 Å². The highest BCUT2D eigenvalue weighted by Gasteiger charge is 2.16. The molecule has 0 spiro atoms. The van der Waals surface area contributed by atoms with Gasteiger partial charge >= 0.3 is 0 Å². The third kappa shape index (κ3) is 4.64. The maximum Gasteiger partial charge on any atom is 0.257 e. The summed E-state index contributed by atoms with van der Waals surface area (Å²) < 4.78 is 26.6. The van der Waals surface area contributed by atoms with Gasteiger partial charge in [-0.2, -0.15) is 4.72 Å². The summed E-state index contributed by atoms with van der Waals surface area (Å²) in [7, 11) is -3.77. The number of sulfonamides is 1. The lowest BCUT2D eigenvalue weighted by Gasteiger charge is -2.06. The van der Waals surface area contributed by atoms with Crippen molar-refractivity contribution < 1.29 is 13.2 Å². The first-order valence-corrected chi connectivity index (χ1v) is 10.6. The minimum Gasteiger partial charge on any atom is -0.298 e. The van der Waals surface area contributed by atoms with E-state index in [2.05, 4.69) is 20.9 Å². The number of aromatic nitrogens is 1. The van der Waals surface area contributed by atoms with Gasteiger partial charge in [-0.3, -0.25) is 10.1 Å². The van der Waals surface area contributed by atoms with Gasteiger partial charge in [0.15, 0.2) is 5.13 Å². The first-order valence-electron chi connectivity index (χ1n) is 8.26. The van der Waals surface area contributed by atoms with Gasteiger partial charge in [-0.15, -0.1) is 17.8 Å². The number of nitrogens with one attached hydrogen (secondary N) is 2. The van der Waals surface area contributed by atoms with Crippen LogP contribution in [0.2, 0.25) is 0 Å². The first-order chi connectivity index (χ1) is 13.4. The summed E-state index contributed by atoms with van der Waals surface area (Å²) in [5.74, 6) is 1.76. The Balaban J connectivity index is 1.76. The van der Waals surface area contributed by atoms with Gasteiger partial charge in [0, 0.05) is 16.5 Å². The average molecular weight is 412 g/mol. The van der Waals surface area contributed by atoms with Gasteiger partial charge in [-0.05, 0) is 25.1 Å². The van der Waals surface area contributed by atoms with Gasteiger partial charge in [-0.1, -0.05) is 41.8 Å². The van der Waals surface area contributed by atoms with Gasteiger partial charge in [0.2, 0.25) is 10.0 Å². The third-order valence-corrected chi connectivity index (χ3v) is 6.00. The fourth-order valence-corrected chi connectivity index (χ4v) is 4.08. The second-order valence-electron chi connectivity index (χ2n) is 5.91. The van der Waals surface area contributed by atoms with Gasteiger partial charge < -0.3 is 0 Å². The summed E-state index contributed by atoms with van der Waals surface area (Å²) in [5, 5.41) is 4.98. The van der Waals surface area contributed by atoms with Crippen molar-refractivity contribution in [3.8, 4) is 23.6 Å². The quantitative estimate of drug-likeness (QED) is 0.610. The zero-order valence-corrected chi connectivity index (χ0v) is 16.6.